The molecule has 0 aliphatic rings. The Morgan fingerprint density at radius 1 is 0.905 bits per heavy atom. The van der Waals surface area contributed by atoms with Crippen LogP contribution in [0, 0.1) is 13.8 Å². The number of nitrogens with zero attached hydrogens (tertiary/aromatic N) is 2. The fourth-order valence-electron chi connectivity index (χ4n) is 2.71. The normalized spacial score (nSPS) is 11.4. The SMILES string of the molecule is Cc1cc(=O)n(C)c2c(O)c3c(cc12)c(C)cc(=O)n3O. The molecule has 6 nitrogen and oxygen atoms in total. The van der Waals surface area contributed by atoms with E-state index in [-0.39, 0.29) is 16.8 Å². The van der Waals surface area contributed by atoms with Crippen molar-refractivity contribution in [3.63, 3.8) is 0 Å². The molecule has 0 spiro atoms. The van der Waals surface area contributed by atoms with Crippen LogP contribution in [0.25, 0.3) is 21.8 Å². The molecule has 0 bridgehead atoms. The van der Waals surface area contributed by atoms with E-state index in [1.807, 2.05) is 0 Å². The van der Waals surface area contributed by atoms with Gasteiger partial charge in [0.25, 0.3) is 11.1 Å². The van der Waals surface area contributed by atoms with Gasteiger partial charge in [0.1, 0.15) is 5.52 Å². The van der Waals surface area contributed by atoms with Crippen molar-refractivity contribution in [2.24, 2.45) is 7.05 Å². The highest BCUT2D eigenvalue weighted by Crippen LogP contribution is 2.34. The molecule has 2 N–H and O–H groups in total. The molecule has 0 aliphatic carbocycles. The summed E-state index contributed by atoms with van der Waals surface area (Å²) in [5.74, 6) is -0.283. The van der Waals surface area contributed by atoms with Gasteiger partial charge in [0.05, 0.1) is 5.52 Å². The summed E-state index contributed by atoms with van der Waals surface area (Å²) in [7, 11) is 1.53. The predicted molar refractivity (Wildman–Crippen MR) is 79.3 cm³/mol. The van der Waals surface area contributed by atoms with Gasteiger partial charge in [-0.25, -0.2) is 0 Å². The van der Waals surface area contributed by atoms with E-state index >= 15 is 0 Å². The van der Waals surface area contributed by atoms with Crippen molar-refractivity contribution >= 4 is 21.8 Å². The van der Waals surface area contributed by atoms with Gasteiger partial charge in [-0.05, 0) is 31.0 Å². The van der Waals surface area contributed by atoms with Crippen LogP contribution in [0.4, 0.5) is 0 Å². The highest BCUT2D eigenvalue weighted by atomic mass is 16.5. The fraction of sp³-hybridized carbons (Fsp3) is 0.200. The van der Waals surface area contributed by atoms with Crippen molar-refractivity contribution < 1.29 is 10.3 Å². The van der Waals surface area contributed by atoms with Crippen LogP contribution in [-0.2, 0) is 7.05 Å². The second-order valence-corrected chi connectivity index (χ2v) is 5.22. The molecule has 2 aromatic heterocycles. The lowest BCUT2D eigenvalue weighted by Gasteiger charge is -2.14. The van der Waals surface area contributed by atoms with Crippen molar-refractivity contribution in [1.29, 1.82) is 0 Å². The van der Waals surface area contributed by atoms with Crippen LogP contribution in [0.3, 0.4) is 0 Å². The number of hydrogen-bond donors (Lipinski definition) is 2. The van der Waals surface area contributed by atoms with Crippen LogP contribution in [0.2, 0.25) is 0 Å². The molecular weight excluding hydrogens is 272 g/mol. The highest BCUT2D eigenvalue weighted by Gasteiger charge is 2.17. The molecule has 0 unspecified atom stereocenters. The van der Waals surface area contributed by atoms with Crippen LogP contribution in [-0.4, -0.2) is 19.6 Å². The maximum absolute atomic E-state index is 11.9. The van der Waals surface area contributed by atoms with Gasteiger partial charge in [0.15, 0.2) is 5.75 Å². The lowest BCUT2D eigenvalue weighted by atomic mass is 10.0. The lowest BCUT2D eigenvalue weighted by molar-refractivity contribution is 0.187. The first-order valence-electron chi connectivity index (χ1n) is 6.41. The molecule has 0 amide bonds. The first-order chi connectivity index (χ1) is 9.82. The third-order valence-electron chi connectivity index (χ3n) is 3.86. The smallest absolute Gasteiger partial charge is 0.283 e. The van der Waals surface area contributed by atoms with E-state index in [2.05, 4.69) is 0 Å². The number of pyridine rings is 2. The molecule has 0 saturated heterocycles. The molecule has 0 atom stereocenters. The van der Waals surface area contributed by atoms with Gasteiger partial charge in [-0.15, -0.1) is 4.73 Å². The molecule has 0 fully saturated rings. The summed E-state index contributed by atoms with van der Waals surface area (Å²) in [6.45, 7) is 3.51. The van der Waals surface area contributed by atoms with E-state index in [4.69, 9.17) is 0 Å². The molecule has 21 heavy (non-hydrogen) atoms. The zero-order chi connectivity index (χ0) is 15.5. The first-order valence-corrected chi connectivity index (χ1v) is 6.41. The number of fused-ring (bicyclic) bond motifs is 2. The summed E-state index contributed by atoms with van der Waals surface area (Å²) >= 11 is 0. The van der Waals surface area contributed by atoms with Crippen molar-refractivity contribution in [1.82, 2.24) is 9.30 Å². The third-order valence-corrected chi connectivity index (χ3v) is 3.86. The van der Waals surface area contributed by atoms with E-state index in [1.54, 1.807) is 19.9 Å². The van der Waals surface area contributed by atoms with E-state index in [1.165, 1.54) is 23.7 Å². The molecule has 0 saturated carbocycles. The van der Waals surface area contributed by atoms with Crippen molar-refractivity contribution in [3.05, 3.63) is 50.0 Å². The zero-order valence-corrected chi connectivity index (χ0v) is 11.8. The minimum absolute atomic E-state index is 0.00750. The van der Waals surface area contributed by atoms with Gasteiger partial charge in [-0.2, -0.15) is 0 Å². The quantitative estimate of drug-likeness (QED) is 0.483. The Balaban J connectivity index is 2.77. The van der Waals surface area contributed by atoms with Gasteiger partial charge in [-0.1, -0.05) is 0 Å². The molecular formula is C15H14N2O4. The molecule has 2 heterocycles. The van der Waals surface area contributed by atoms with Gasteiger partial charge in [-0.3, -0.25) is 9.59 Å². The van der Waals surface area contributed by atoms with Gasteiger partial charge >= 0.3 is 0 Å². The summed E-state index contributed by atoms with van der Waals surface area (Å²) in [4.78, 5) is 23.6. The second-order valence-electron chi connectivity index (χ2n) is 5.22. The molecule has 108 valence electrons. The number of phenols is 1. The first kappa shape index (κ1) is 13.2. The summed E-state index contributed by atoms with van der Waals surface area (Å²) in [6, 6.07) is 4.55. The molecule has 1 aromatic carbocycles. The van der Waals surface area contributed by atoms with Gasteiger partial charge < -0.3 is 14.9 Å². The number of hydrogen-bond acceptors (Lipinski definition) is 4. The van der Waals surface area contributed by atoms with Crippen LogP contribution in [0.5, 0.6) is 5.75 Å². The number of aryl methyl sites for hydroxylation is 3. The summed E-state index contributed by atoms with van der Waals surface area (Å²) in [5.41, 5.74) is 0.765. The maximum atomic E-state index is 11.9. The minimum atomic E-state index is -0.632. The third kappa shape index (κ3) is 1.65. The Morgan fingerprint density at radius 2 is 1.43 bits per heavy atom. The fourth-order valence-corrected chi connectivity index (χ4v) is 2.71. The van der Waals surface area contributed by atoms with Crippen molar-refractivity contribution in [2.45, 2.75) is 13.8 Å². The Bertz CT molecular complexity index is 948. The molecule has 3 rings (SSSR count). The average molecular weight is 286 g/mol. The van der Waals surface area contributed by atoms with Crippen LogP contribution >= 0.6 is 0 Å². The monoisotopic (exact) mass is 286 g/mol. The Morgan fingerprint density at radius 3 is 2.05 bits per heavy atom. The number of aromatic hydroxyl groups is 1. The largest absolute Gasteiger partial charge is 0.504 e. The molecule has 6 heteroatoms. The Hall–Kier alpha value is -2.76. The number of benzene rings is 1. The zero-order valence-electron chi connectivity index (χ0n) is 11.8. The lowest BCUT2D eigenvalue weighted by Crippen LogP contribution is -2.20. The number of aromatic nitrogens is 2. The molecule has 0 aliphatic heterocycles. The average Bonchev–Trinajstić information content (AvgIpc) is 2.41. The van der Waals surface area contributed by atoms with Crippen molar-refractivity contribution in [2.75, 3.05) is 0 Å². The van der Waals surface area contributed by atoms with Crippen LogP contribution in [0.15, 0.2) is 27.8 Å². The molecule has 3 aromatic rings. The van der Waals surface area contributed by atoms with Crippen LogP contribution < -0.4 is 11.1 Å². The highest BCUT2D eigenvalue weighted by molar-refractivity contribution is 6.03. The van der Waals surface area contributed by atoms with E-state index in [0.717, 1.165) is 5.56 Å². The van der Waals surface area contributed by atoms with E-state index in [9.17, 15) is 19.9 Å². The predicted octanol–water partition coefficient (Wildman–Crippen LogP) is 1.41. The van der Waals surface area contributed by atoms with Gasteiger partial charge in [0, 0.05) is 30.0 Å². The van der Waals surface area contributed by atoms with Crippen molar-refractivity contribution in [3.8, 4) is 5.75 Å². The standard InChI is InChI=1S/C15H14N2O4/c1-7-4-11(18)16(3)13-9(7)6-10-8(2)5-12(19)17(21)14(10)15(13)20/h4-6,20-21H,1-3H3. The second kappa shape index (κ2) is 4.12. The topological polar surface area (TPSA) is 84.5 Å². The summed E-state index contributed by atoms with van der Waals surface area (Å²) in [6.07, 6.45) is 0. The number of rotatable bonds is 0. The minimum Gasteiger partial charge on any atom is -0.504 e. The van der Waals surface area contributed by atoms with Gasteiger partial charge in [0.2, 0.25) is 0 Å². The van der Waals surface area contributed by atoms with E-state index < -0.39 is 5.56 Å². The van der Waals surface area contributed by atoms with Crippen LogP contribution in [0.1, 0.15) is 11.1 Å². The van der Waals surface area contributed by atoms with E-state index in [0.29, 0.717) is 26.6 Å². The Labute approximate surface area is 119 Å². The summed E-state index contributed by atoms with van der Waals surface area (Å²) in [5, 5.41) is 21.7. The summed E-state index contributed by atoms with van der Waals surface area (Å²) < 4.78 is 1.70. The number of phenolic OH excluding ortho intramolecular Hbond substituents is 1. The molecule has 0 radical (unpaired) electrons. The Kier molecular flexibility index (Phi) is 2.59. The maximum Gasteiger partial charge on any atom is 0.283 e.